The van der Waals surface area contributed by atoms with Crippen molar-refractivity contribution in [3.8, 4) is 17.0 Å². The number of carbonyl (C=O) groups excluding carboxylic acids is 1. The molecule has 2 heterocycles. The molecule has 0 aliphatic heterocycles. The number of benzene rings is 2. The fourth-order valence-corrected chi connectivity index (χ4v) is 2.93. The number of pyridine rings is 1. The van der Waals surface area contributed by atoms with E-state index < -0.39 is 17.5 Å². The zero-order valence-electron chi connectivity index (χ0n) is 14.9. The van der Waals surface area contributed by atoms with Gasteiger partial charge in [0.1, 0.15) is 22.9 Å². The lowest BCUT2D eigenvalue weighted by atomic mass is 10.1. The molecule has 0 unspecified atom stereocenters. The van der Waals surface area contributed by atoms with Crippen LogP contribution in [0.15, 0.2) is 66.9 Å². The molecule has 0 fully saturated rings. The van der Waals surface area contributed by atoms with Gasteiger partial charge in [-0.05, 0) is 54.6 Å². The highest BCUT2D eigenvalue weighted by Crippen LogP contribution is 2.29. The number of hydrogen-bond acceptors (Lipinski definition) is 3. The molecule has 146 valence electrons. The summed E-state index contributed by atoms with van der Waals surface area (Å²) in [5.74, 6) is -1.57. The number of halogens is 3. The van der Waals surface area contributed by atoms with E-state index in [4.69, 9.17) is 16.3 Å². The van der Waals surface area contributed by atoms with Gasteiger partial charge in [0.15, 0.2) is 18.2 Å². The SMILES string of the molecule is O=C(COc1ccc(Cl)cc1)Nc1c(-c2ccc(F)c(F)c2)nc2ccccn12. The third-order valence-corrected chi connectivity index (χ3v) is 4.42. The lowest BCUT2D eigenvalue weighted by Crippen LogP contribution is -2.21. The number of nitrogens with one attached hydrogen (secondary N) is 1. The van der Waals surface area contributed by atoms with E-state index in [2.05, 4.69) is 10.3 Å². The predicted octanol–water partition coefficient (Wildman–Crippen LogP) is 4.95. The van der Waals surface area contributed by atoms with Gasteiger partial charge in [-0.15, -0.1) is 0 Å². The molecule has 0 saturated heterocycles. The standard InChI is InChI=1S/C21H14ClF2N3O2/c22-14-5-7-15(8-6-14)29-12-19(28)26-21-20(13-4-9-16(23)17(24)11-13)25-18-3-1-2-10-27(18)21/h1-11H,12H2,(H,26,28). The lowest BCUT2D eigenvalue weighted by molar-refractivity contribution is -0.118. The van der Waals surface area contributed by atoms with Gasteiger partial charge in [0, 0.05) is 16.8 Å². The Morgan fingerprint density at radius 2 is 1.86 bits per heavy atom. The molecule has 29 heavy (non-hydrogen) atoms. The highest BCUT2D eigenvalue weighted by Gasteiger charge is 2.18. The summed E-state index contributed by atoms with van der Waals surface area (Å²) in [6.07, 6.45) is 1.71. The Morgan fingerprint density at radius 3 is 2.62 bits per heavy atom. The summed E-state index contributed by atoms with van der Waals surface area (Å²) in [5, 5.41) is 3.30. The normalized spacial score (nSPS) is 10.9. The number of imidazole rings is 1. The first-order valence-corrected chi connectivity index (χ1v) is 9.00. The van der Waals surface area contributed by atoms with Crippen molar-refractivity contribution < 1.29 is 18.3 Å². The molecule has 4 rings (SSSR count). The molecule has 0 saturated carbocycles. The zero-order valence-corrected chi connectivity index (χ0v) is 15.7. The Morgan fingerprint density at radius 1 is 1.07 bits per heavy atom. The minimum atomic E-state index is -0.997. The number of nitrogens with zero attached hydrogens (tertiary/aromatic N) is 2. The number of amides is 1. The summed E-state index contributed by atoms with van der Waals surface area (Å²) in [6.45, 7) is -0.251. The van der Waals surface area contributed by atoms with Gasteiger partial charge in [-0.2, -0.15) is 0 Å². The highest BCUT2D eigenvalue weighted by atomic mass is 35.5. The minimum absolute atomic E-state index is 0.251. The fourth-order valence-electron chi connectivity index (χ4n) is 2.81. The molecule has 0 aliphatic carbocycles. The van der Waals surface area contributed by atoms with E-state index in [0.29, 0.717) is 33.5 Å². The quantitative estimate of drug-likeness (QED) is 0.503. The molecule has 2 aromatic carbocycles. The summed E-state index contributed by atoms with van der Waals surface area (Å²) >= 11 is 5.83. The van der Waals surface area contributed by atoms with Crippen molar-refractivity contribution in [2.24, 2.45) is 0 Å². The largest absolute Gasteiger partial charge is 0.484 e. The Balaban J connectivity index is 1.62. The molecule has 0 radical (unpaired) electrons. The Hall–Kier alpha value is -3.45. The van der Waals surface area contributed by atoms with Crippen LogP contribution in [-0.4, -0.2) is 21.9 Å². The maximum Gasteiger partial charge on any atom is 0.263 e. The average Bonchev–Trinajstić information content (AvgIpc) is 3.08. The van der Waals surface area contributed by atoms with Crippen molar-refractivity contribution in [3.05, 3.63) is 83.5 Å². The summed E-state index contributed by atoms with van der Waals surface area (Å²) in [6, 6.07) is 15.4. The summed E-state index contributed by atoms with van der Waals surface area (Å²) < 4.78 is 34.1. The zero-order chi connectivity index (χ0) is 20.4. The van der Waals surface area contributed by atoms with E-state index in [1.165, 1.54) is 6.07 Å². The number of anilines is 1. The number of rotatable bonds is 5. The highest BCUT2D eigenvalue weighted by molar-refractivity contribution is 6.30. The molecule has 0 aliphatic rings. The lowest BCUT2D eigenvalue weighted by Gasteiger charge is -2.09. The van der Waals surface area contributed by atoms with E-state index in [9.17, 15) is 13.6 Å². The number of fused-ring (bicyclic) bond motifs is 1. The fraction of sp³-hybridized carbons (Fsp3) is 0.0476. The molecule has 4 aromatic rings. The third kappa shape index (κ3) is 4.05. The predicted molar refractivity (Wildman–Crippen MR) is 106 cm³/mol. The van der Waals surface area contributed by atoms with Crippen molar-refractivity contribution in [2.75, 3.05) is 11.9 Å². The van der Waals surface area contributed by atoms with Crippen LogP contribution in [0.2, 0.25) is 5.02 Å². The molecule has 1 N–H and O–H groups in total. The average molecular weight is 414 g/mol. The summed E-state index contributed by atoms with van der Waals surface area (Å²) in [4.78, 5) is 16.9. The Labute approximate surface area is 169 Å². The van der Waals surface area contributed by atoms with Gasteiger partial charge in [-0.25, -0.2) is 13.8 Å². The van der Waals surface area contributed by atoms with Crippen LogP contribution in [0.1, 0.15) is 0 Å². The van der Waals surface area contributed by atoms with Gasteiger partial charge in [0.2, 0.25) is 0 Å². The smallest absolute Gasteiger partial charge is 0.263 e. The first kappa shape index (κ1) is 18.9. The van der Waals surface area contributed by atoms with Crippen molar-refractivity contribution in [1.29, 1.82) is 0 Å². The van der Waals surface area contributed by atoms with Crippen molar-refractivity contribution in [3.63, 3.8) is 0 Å². The van der Waals surface area contributed by atoms with Gasteiger partial charge in [-0.1, -0.05) is 17.7 Å². The Bertz CT molecular complexity index is 1190. The van der Waals surface area contributed by atoms with Crippen LogP contribution in [0, 0.1) is 11.6 Å². The van der Waals surface area contributed by atoms with Crippen LogP contribution < -0.4 is 10.1 Å². The first-order valence-electron chi connectivity index (χ1n) is 8.62. The van der Waals surface area contributed by atoms with Crippen LogP contribution >= 0.6 is 11.6 Å². The van der Waals surface area contributed by atoms with Gasteiger partial charge >= 0.3 is 0 Å². The Kier molecular flexibility index (Phi) is 5.14. The second kappa shape index (κ2) is 7.89. The van der Waals surface area contributed by atoms with Gasteiger partial charge < -0.3 is 10.1 Å². The molecule has 0 spiro atoms. The molecule has 2 aromatic heterocycles. The monoisotopic (exact) mass is 413 g/mol. The number of hydrogen-bond donors (Lipinski definition) is 1. The second-order valence-electron chi connectivity index (χ2n) is 6.16. The second-order valence-corrected chi connectivity index (χ2v) is 6.59. The van der Waals surface area contributed by atoms with Gasteiger partial charge in [-0.3, -0.25) is 9.20 Å². The van der Waals surface area contributed by atoms with Crippen molar-refractivity contribution >= 4 is 29.0 Å². The maximum absolute atomic E-state index is 13.7. The van der Waals surface area contributed by atoms with E-state index in [1.807, 2.05) is 0 Å². The molecule has 1 amide bonds. The molecule has 5 nitrogen and oxygen atoms in total. The third-order valence-electron chi connectivity index (χ3n) is 4.16. The molecule has 0 atom stereocenters. The first-order chi connectivity index (χ1) is 14.0. The van der Waals surface area contributed by atoms with Crippen LogP contribution in [-0.2, 0) is 4.79 Å². The van der Waals surface area contributed by atoms with Crippen LogP contribution in [0.4, 0.5) is 14.6 Å². The van der Waals surface area contributed by atoms with E-state index in [-0.39, 0.29) is 6.61 Å². The summed E-state index contributed by atoms with van der Waals surface area (Å²) in [5.41, 5.74) is 1.19. The summed E-state index contributed by atoms with van der Waals surface area (Å²) in [7, 11) is 0. The van der Waals surface area contributed by atoms with Crippen LogP contribution in [0.25, 0.3) is 16.9 Å². The van der Waals surface area contributed by atoms with Gasteiger partial charge in [0.05, 0.1) is 0 Å². The van der Waals surface area contributed by atoms with Crippen LogP contribution in [0.3, 0.4) is 0 Å². The number of ether oxygens (including phenoxy) is 1. The van der Waals surface area contributed by atoms with Crippen LogP contribution in [0.5, 0.6) is 5.75 Å². The van der Waals surface area contributed by atoms with E-state index in [0.717, 1.165) is 12.1 Å². The van der Waals surface area contributed by atoms with E-state index in [1.54, 1.807) is 53.1 Å². The molecular weight excluding hydrogens is 400 g/mol. The topological polar surface area (TPSA) is 55.6 Å². The maximum atomic E-state index is 13.7. The molecule has 0 bridgehead atoms. The molecule has 8 heteroatoms. The van der Waals surface area contributed by atoms with Crippen molar-refractivity contribution in [1.82, 2.24) is 9.38 Å². The molecular formula is C21H14ClF2N3O2. The van der Waals surface area contributed by atoms with E-state index >= 15 is 0 Å². The van der Waals surface area contributed by atoms with Crippen molar-refractivity contribution in [2.45, 2.75) is 0 Å². The number of aromatic nitrogens is 2. The van der Waals surface area contributed by atoms with Gasteiger partial charge in [0.25, 0.3) is 5.91 Å². The number of carbonyl (C=O) groups is 1. The minimum Gasteiger partial charge on any atom is -0.484 e.